The van der Waals surface area contributed by atoms with Gasteiger partial charge in [0.2, 0.25) is 5.91 Å². The van der Waals surface area contributed by atoms with E-state index in [1.807, 2.05) is 24.3 Å². The minimum Gasteiger partial charge on any atom is -0.372 e. The van der Waals surface area contributed by atoms with Crippen molar-refractivity contribution in [2.45, 2.75) is 32.1 Å². The van der Waals surface area contributed by atoms with Crippen LogP contribution in [-0.4, -0.2) is 24.8 Å². The van der Waals surface area contributed by atoms with Gasteiger partial charge in [0.25, 0.3) is 0 Å². The van der Waals surface area contributed by atoms with Crippen molar-refractivity contribution in [3.63, 3.8) is 0 Å². The molecule has 3 rings (SSSR count). The maximum atomic E-state index is 12.0. The Bertz CT molecular complexity index is 736. The topological polar surface area (TPSA) is 49.4 Å². The Morgan fingerprint density at radius 3 is 2.36 bits per heavy atom. The molecule has 0 bridgehead atoms. The summed E-state index contributed by atoms with van der Waals surface area (Å²) in [6.07, 6.45) is 4.14. The lowest BCUT2D eigenvalue weighted by atomic mass is 10.1. The number of piperidine rings is 1. The first kappa shape index (κ1) is 18.0. The Kier molecular flexibility index (Phi) is 6.10. The molecule has 1 aromatic heterocycles. The van der Waals surface area contributed by atoms with Gasteiger partial charge in [-0.3, -0.25) is 9.59 Å². The summed E-state index contributed by atoms with van der Waals surface area (Å²) in [6.45, 7) is 2.20. The zero-order valence-electron chi connectivity index (χ0n) is 14.0. The van der Waals surface area contributed by atoms with Gasteiger partial charge in [0.05, 0.1) is 9.21 Å². The molecule has 0 saturated carbocycles. The molecule has 1 N–H and O–H groups in total. The van der Waals surface area contributed by atoms with Crippen LogP contribution in [0.15, 0.2) is 36.4 Å². The molecule has 25 heavy (non-hydrogen) atoms. The number of thiophene rings is 1. The standard InChI is InChI=1S/C19H21ClN2O2S/c20-18-10-9-17(25-18)16(23)8-11-19(24)21-14-4-6-15(7-5-14)22-12-2-1-3-13-22/h4-7,9-10H,1-3,8,11-13H2,(H,21,24). The quantitative estimate of drug-likeness (QED) is 0.722. The highest BCUT2D eigenvalue weighted by Gasteiger charge is 2.13. The molecule has 1 fully saturated rings. The molecular formula is C19H21ClN2O2S. The molecule has 1 aromatic carbocycles. The van der Waals surface area contributed by atoms with Crippen LogP contribution in [0, 0.1) is 0 Å². The maximum absolute atomic E-state index is 12.0. The summed E-state index contributed by atoms with van der Waals surface area (Å²) in [6, 6.07) is 11.3. The number of nitrogens with one attached hydrogen (secondary N) is 1. The zero-order valence-corrected chi connectivity index (χ0v) is 15.5. The number of anilines is 2. The van der Waals surface area contributed by atoms with E-state index in [0.29, 0.717) is 9.21 Å². The second kappa shape index (κ2) is 8.50. The number of rotatable bonds is 6. The third-order valence-electron chi connectivity index (χ3n) is 4.30. The van der Waals surface area contributed by atoms with Crippen LogP contribution < -0.4 is 10.2 Å². The van der Waals surface area contributed by atoms with Crippen molar-refractivity contribution in [2.75, 3.05) is 23.3 Å². The van der Waals surface area contributed by atoms with Gasteiger partial charge in [0, 0.05) is 37.3 Å². The van der Waals surface area contributed by atoms with Crippen LogP contribution in [-0.2, 0) is 4.79 Å². The Hall–Kier alpha value is -1.85. The summed E-state index contributed by atoms with van der Waals surface area (Å²) in [7, 11) is 0. The van der Waals surface area contributed by atoms with Gasteiger partial charge >= 0.3 is 0 Å². The number of Topliss-reactive ketones (excluding diaryl/α,β-unsaturated/α-hetero) is 1. The van der Waals surface area contributed by atoms with E-state index in [2.05, 4.69) is 10.2 Å². The summed E-state index contributed by atoms with van der Waals surface area (Å²) < 4.78 is 0.585. The van der Waals surface area contributed by atoms with E-state index < -0.39 is 0 Å². The maximum Gasteiger partial charge on any atom is 0.224 e. The first-order valence-electron chi connectivity index (χ1n) is 8.55. The summed E-state index contributed by atoms with van der Waals surface area (Å²) in [5, 5.41) is 2.85. The highest BCUT2D eigenvalue weighted by molar-refractivity contribution is 7.18. The average molecular weight is 377 g/mol. The number of halogens is 1. The third-order valence-corrected chi connectivity index (χ3v) is 5.57. The van der Waals surface area contributed by atoms with E-state index in [1.165, 1.54) is 36.3 Å². The molecule has 132 valence electrons. The van der Waals surface area contributed by atoms with Crippen molar-refractivity contribution in [1.82, 2.24) is 0 Å². The van der Waals surface area contributed by atoms with Crippen molar-refractivity contribution < 1.29 is 9.59 Å². The molecule has 1 saturated heterocycles. The lowest BCUT2D eigenvalue weighted by Crippen LogP contribution is -2.29. The zero-order chi connectivity index (χ0) is 17.6. The van der Waals surface area contributed by atoms with Crippen molar-refractivity contribution in [3.05, 3.63) is 45.6 Å². The van der Waals surface area contributed by atoms with Gasteiger partial charge in [-0.2, -0.15) is 0 Å². The first-order chi connectivity index (χ1) is 12.1. The van der Waals surface area contributed by atoms with Crippen molar-refractivity contribution in [2.24, 2.45) is 0 Å². The second-order valence-electron chi connectivity index (χ2n) is 6.17. The number of ketones is 1. The minimum absolute atomic E-state index is 0.0486. The molecular weight excluding hydrogens is 356 g/mol. The number of hydrogen-bond acceptors (Lipinski definition) is 4. The molecule has 2 heterocycles. The van der Waals surface area contributed by atoms with E-state index in [1.54, 1.807) is 12.1 Å². The van der Waals surface area contributed by atoms with Gasteiger partial charge in [-0.1, -0.05) is 11.6 Å². The second-order valence-corrected chi connectivity index (χ2v) is 7.88. The molecule has 0 spiro atoms. The molecule has 0 atom stereocenters. The third kappa shape index (κ3) is 5.06. The minimum atomic E-state index is -0.151. The summed E-state index contributed by atoms with van der Waals surface area (Å²) in [5.41, 5.74) is 1.96. The molecule has 0 aliphatic carbocycles. The van der Waals surface area contributed by atoms with Gasteiger partial charge in [-0.25, -0.2) is 0 Å². The lowest BCUT2D eigenvalue weighted by Gasteiger charge is -2.28. The first-order valence-corrected chi connectivity index (χ1v) is 9.75. The van der Waals surface area contributed by atoms with E-state index >= 15 is 0 Å². The molecule has 0 radical (unpaired) electrons. The smallest absolute Gasteiger partial charge is 0.224 e. The molecule has 1 amide bonds. The van der Waals surface area contributed by atoms with E-state index in [-0.39, 0.29) is 24.5 Å². The fourth-order valence-corrected chi connectivity index (χ4v) is 3.96. The Balaban J connectivity index is 1.48. The SMILES string of the molecule is O=C(CCC(=O)c1ccc(Cl)s1)Nc1ccc(N2CCCCC2)cc1. The number of carbonyl (C=O) groups excluding carboxylic acids is 2. The Labute approximate surface area is 156 Å². The summed E-state index contributed by atoms with van der Waals surface area (Å²) in [5.74, 6) is -0.200. The molecule has 1 aliphatic heterocycles. The van der Waals surface area contributed by atoms with E-state index in [0.717, 1.165) is 18.8 Å². The van der Waals surface area contributed by atoms with Crippen LogP contribution in [0.2, 0.25) is 4.34 Å². The highest BCUT2D eigenvalue weighted by atomic mass is 35.5. The number of nitrogens with zero attached hydrogens (tertiary/aromatic N) is 1. The molecule has 1 aliphatic rings. The van der Waals surface area contributed by atoms with Crippen LogP contribution >= 0.6 is 22.9 Å². The summed E-state index contributed by atoms with van der Waals surface area (Å²) >= 11 is 7.07. The highest BCUT2D eigenvalue weighted by Crippen LogP contribution is 2.24. The predicted octanol–water partition coefficient (Wildman–Crippen LogP) is 4.99. The van der Waals surface area contributed by atoms with Crippen molar-refractivity contribution in [3.8, 4) is 0 Å². The number of benzene rings is 1. The lowest BCUT2D eigenvalue weighted by molar-refractivity contribution is -0.116. The fourth-order valence-electron chi connectivity index (χ4n) is 2.95. The van der Waals surface area contributed by atoms with Crippen LogP contribution in [0.1, 0.15) is 41.8 Å². The predicted molar refractivity (Wildman–Crippen MR) is 104 cm³/mol. The molecule has 6 heteroatoms. The summed E-state index contributed by atoms with van der Waals surface area (Å²) in [4.78, 5) is 27.0. The van der Waals surface area contributed by atoms with Gasteiger partial charge in [-0.05, 0) is 55.7 Å². The Morgan fingerprint density at radius 2 is 1.72 bits per heavy atom. The monoisotopic (exact) mass is 376 g/mol. The number of hydrogen-bond donors (Lipinski definition) is 1. The average Bonchev–Trinajstić information content (AvgIpc) is 3.08. The van der Waals surface area contributed by atoms with Crippen molar-refractivity contribution in [1.29, 1.82) is 0 Å². The van der Waals surface area contributed by atoms with Crippen molar-refractivity contribution >= 4 is 46.0 Å². The normalized spacial score (nSPS) is 14.4. The van der Waals surface area contributed by atoms with Crippen LogP contribution in [0.4, 0.5) is 11.4 Å². The number of amides is 1. The van der Waals surface area contributed by atoms with Gasteiger partial charge in [-0.15, -0.1) is 11.3 Å². The largest absolute Gasteiger partial charge is 0.372 e. The molecule has 0 unspecified atom stereocenters. The van der Waals surface area contributed by atoms with Crippen LogP contribution in [0.3, 0.4) is 0 Å². The van der Waals surface area contributed by atoms with Gasteiger partial charge in [0.15, 0.2) is 5.78 Å². The molecule has 2 aromatic rings. The fraction of sp³-hybridized carbons (Fsp3) is 0.368. The van der Waals surface area contributed by atoms with Crippen LogP contribution in [0.5, 0.6) is 0 Å². The van der Waals surface area contributed by atoms with Crippen LogP contribution in [0.25, 0.3) is 0 Å². The van der Waals surface area contributed by atoms with Gasteiger partial charge in [0.1, 0.15) is 0 Å². The Morgan fingerprint density at radius 1 is 1.00 bits per heavy atom. The number of carbonyl (C=O) groups is 2. The van der Waals surface area contributed by atoms with E-state index in [4.69, 9.17) is 11.6 Å². The van der Waals surface area contributed by atoms with E-state index in [9.17, 15) is 9.59 Å². The molecule has 4 nitrogen and oxygen atoms in total. The van der Waals surface area contributed by atoms with Gasteiger partial charge < -0.3 is 10.2 Å².